The summed E-state index contributed by atoms with van der Waals surface area (Å²) in [6.45, 7) is 0. The molecule has 0 aliphatic heterocycles. The summed E-state index contributed by atoms with van der Waals surface area (Å²) in [5.74, 6) is -1.20. The molecule has 3 rings (SSSR count). The van der Waals surface area contributed by atoms with Crippen LogP contribution in [0.15, 0.2) is 51.7 Å². The monoisotopic (exact) mass is 377 g/mol. The van der Waals surface area contributed by atoms with E-state index in [4.69, 9.17) is 0 Å². The first-order valence-corrected chi connectivity index (χ1v) is 7.22. The Labute approximate surface area is 137 Å². The van der Waals surface area contributed by atoms with E-state index < -0.39 is 17.4 Å². The van der Waals surface area contributed by atoms with Gasteiger partial charge in [0, 0.05) is 10.2 Å². The molecule has 116 valence electrons. The molecule has 0 spiro atoms. The van der Waals surface area contributed by atoms with Crippen LogP contribution in [0, 0.1) is 5.82 Å². The number of carbonyl (C=O) groups is 1. The second kappa shape index (κ2) is 6.13. The minimum Gasteiger partial charge on any atom is -0.322 e. The summed E-state index contributed by atoms with van der Waals surface area (Å²) in [5, 5.41) is 11.8. The smallest absolute Gasteiger partial charge is 0.322 e. The second-order valence-corrected chi connectivity index (χ2v) is 5.37. The molecule has 0 saturated carbocycles. The third-order valence-electron chi connectivity index (χ3n) is 3.03. The molecule has 0 bridgehead atoms. The molecule has 0 radical (unpaired) electrons. The SMILES string of the molecule is O=C(Nc1ccc(-n2nn[nH]c2=O)cc1)c1c(F)cccc1Br. The van der Waals surface area contributed by atoms with E-state index in [9.17, 15) is 14.0 Å². The van der Waals surface area contributed by atoms with Crippen molar-refractivity contribution in [3.8, 4) is 5.69 Å². The van der Waals surface area contributed by atoms with Crippen LogP contribution in [-0.2, 0) is 0 Å². The molecule has 0 atom stereocenters. The summed E-state index contributed by atoms with van der Waals surface area (Å²) in [7, 11) is 0. The van der Waals surface area contributed by atoms with Crippen LogP contribution in [0.2, 0.25) is 0 Å². The van der Waals surface area contributed by atoms with E-state index >= 15 is 0 Å². The van der Waals surface area contributed by atoms with E-state index in [1.807, 2.05) is 0 Å². The Balaban J connectivity index is 1.83. The van der Waals surface area contributed by atoms with E-state index in [-0.39, 0.29) is 5.56 Å². The number of benzene rings is 2. The Kier molecular flexibility index (Phi) is 4.02. The number of hydrogen-bond acceptors (Lipinski definition) is 4. The number of aromatic nitrogens is 4. The zero-order chi connectivity index (χ0) is 16.4. The molecule has 9 heteroatoms. The number of anilines is 1. The summed E-state index contributed by atoms with van der Waals surface area (Å²) >= 11 is 3.15. The number of nitrogens with one attached hydrogen (secondary N) is 2. The highest BCUT2D eigenvalue weighted by atomic mass is 79.9. The summed E-state index contributed by atoms with van der Waals surface area (Å²) in [6.07, 6.45) is 0. The van der Waals surface area contributed by atoms with Gasteiger partial charge in [0.05, 0.1) is 11.3 Å². The van der Waals surface area contributed by atoms with E-state index in [1.54, 1.807) is 30.3 Å². The van der Waals surface area contributed by atoms with Crippen LogP contribution in [0.5, 0.6) is 0 Å². The highest BCUT2D eigenvalue weighted by Gasteiger charge is 2.15. The quantitative estimate of drug-likeness (QED) is 0.730. The van der Waals surface area contributed by atoms with Gasteiger partial charge >= 0.3 is 5.69 Å². The second-order valence-electron chi connectivity index (χ2n) is 4.52. The van der Waals surface area contributed by atoms with Crippen molar-refractivity contribution in [3.05, 3.63) is 68.8 Å². The van der Waals surface area contributed by atoms with Crippen molar-refractivity contribution >= 4 is 27.5 Å². The van der Waals surface area contributed by atoms with Gasteiger partial charge in [0.15, 0.2) is 0 Å². The predicted octanol–water partition coefficient (Wildman–Crippen LogP) is 2.11. The third kappa shape index (κ3) is 3.04. The first-order chi connectivity index (χ1) is 11.1. The van der Waals surface area contributed by atoms with Crippen molar-refractivity contribution in [2.24, 2.45) is 0 Å². The van der Waals surface area contributed by atoms with Gasteiger partial charge in [-0.2, -0.15) is 4.68 Å². The molecular formula is C14H9BrFN5O2. The molecule has 3 aromatic rings. The van der Waals surface area contributed by atoms with Crippen molar-refractivity contribution in [1.29, 1.82) is 0 Å². The van der Waals surface area contributed by atoms with Crippen LogP contribution in [0.3, 0.4) is 0 Å². The molecule has 0 saturated heterocycles. The van der Waals surface area contributed by atoms with Crippen molar-refractivity contribution in [3.63, 3.8) is 0 Å². The fourth-order valence-corrected chi connectivity index (χ4v) is 2.48. The average Bonchev–Trinajstić information content (AvgIpc) is 2.94. The number of hydrogen-bond donors (Lipinski definition) is 2. The molecule has 1 aromatic heterocycles. The average molecular weight is 378 g/mol. The molecule has 0 unspecified atom stereocenters. The Morgan fingerprint density at radius 2 is 1.96 bits per heavy atom. The normalized spacial score (nSPS) is 10.5. The third-order valence-corrected chi connectivity index (χ3v) is 3.69. The molecule has 7 nitrogen and oxygen atoms in total. The number of carbonyl (C=O) groups excluding carboxylic acids is 1. The molecule has 2 aromatic carbocycles. The lowest BCUT2D eigenvalue weighted by Crippen LogP contribution is -2.16. The van der Waals surface area contributed by atoms with Crippen molar-refractivity contribution < 1.29 is 9.18 Å². The highest BCUT2D eigenvalue weighted by Crippen LogP contribution is 2.21. The van der Waals surface area contributed by atoms with Gasteiger partial charge in [-0.15, -0.1) is 0 Å². The Bertz CT molecular complexity index is 899. The molecule has 1 amide bonds. The summed E-state index contributed by atoms with van der Waals surface area (Å²) in [4.78, 5) is 23.6. The highest BCUT2D eigenvalue weighted by molar-refractivity contribution is 9.10. The van der Waals surface area contributed by atoms with E-state index in [2.05, 4.69) is 36.8 Å². The Morgan fingerprint density at radius 1 is 1.22 bits per heavy atom. The number of tetrazole rings is 1. The number of rotatable bonds is 3. The molecule has 0 aliphatic rings. The summed E-state index contributed by atoms with van der Waals surface area (Å²) in [5.41, 5.74) is 0.376. The predicted molar refractivity (Wildman–Crippen MR) is 84.0 cm³/mol. The zero-order valence-electron chi connectivity index (χ0n) is 11.5. The van der Waals surface area contributed by atoms with Gasteiger partial charge in [-0.05, 0) is 62.8 Å². The van der Waals surface area contributed by atoms with Crippen molar-refractivity contribution in [2.45, 2.75) is 0 Å². The van der Waals surface area contributed by atoms with Crippen LogP contribution in [0.25, 0.3) is 5.69 Å². The number of halogens is 2. The maximum Gasteiger partial charge on any atom is 0.365 e. The molecule has 0 fully saturated rings. The van der Waals surface area contributed by atoms with Crippen molar-refractivity contribution in [1.82, 2.24) is 20.2 Å². The van der Waals surface area contributed by atoms with Crippen LogP contribution in [0.4, 0.5) is 10.1 Å². The van der Waals surface area contributed by atoms with Crippen LogP contribution in [0.1, 0.15) is 10.4 Å². The minimum absolute atomic E-state index is 0.0794. The Hall–Kier alpha value is -2.81. The van der Waals surface area contributed by atoms with Gasteiger partial charge < -0.3 is 5.32 Å². The maximum atomic E-state index is 13.8. The van der Waals surface area contributed by atoms with E-state index in [0.29, 0.717) is 15.8 Å². The number of H-pyrrole nitrogens is 1. The lowest BCUT2D eigenvalue weighted by molar-refractivity contribution is 0.102. The van der Waals surface area contributed by atoms with Gasteiger partial charge in [0.2, 0.25) is 0 Å². The maximum absolute atomic E-state index is 13.8. The van der Waals surface area contributed by atoms with Crippen LogP contribution < -0.4 is 11.0 Å². The summed E-state index contributed by atoms with van der Waals surface area (Å²) < 4.78 is 15.2. The van der Waals surface area contributed by atoms with Gasteiger partial charge in [-0.25, -0.2) is 14.3 Å². The van der Waals surface area contributed by atoms with Gasteiger partial charge in [0.1, 0.15) is 5.82 Å². The standard InChI is InChI=1S/C14H9BrFN5O2/c15-10-2-1-3-11(16)12(10)13(22)17-8-4-6-9(7-5-8)21-14(23)18-19-20-21/h1-7H,(H,17,22)(H,18,20,23). The van der Waals surface area contributed by atoms with Gasteiger partial charge in [0.25, 0.3) is 5.91 Å². The van der Waals surface area contributed by atoms with Crippen LogP contribution >= 0.6 is 15.9 Å². The molecule has 2 N–H and O–H groups in total. The first kappa shape index (κ1) is 15.1. The lowest BCUT2D eigenvalue weighted by atomic mass is 10.2. The zero-order valence-corrected chi connectivity index (χ0v) is 13.0. The minimum atomic E-state index is -0.623. The number of nitrogens with zero attached hydrogens (tertiary/aromatic N) is 3. The largest absolute Gasteiger partial charge is 0.365 e. The van der Waals surface area contributed by atoms with E-state index in [0.717, 1.165) is 4.68 Å². The van der Waals surface area contributed by atoms with Gasteiger partial charge in [-0.3, -0.25) is 4.79 Å². The Morgan fingerprint density at radius 3 is 2.57 bits per heavy atom. The fourth-order valence-electron chi connectivity index (χ4n) is 1.96. The molecular weight excluding hydrogens is 369 g/mol. The summed E-state index contributed by atoms with van der Waals surface area (Å²) in [6, 6.07) is 10.6. The molecule has 0 aliphatic carbocycles. The first-order valence-electron chi connectivity index (χ1n) is 6.42. The molecule has 23 heavy (non-hydrogen) atoms. The lowest BCUT2D eigenvalue weighted by Gasteiger charge is -2.08. The number of aromatic amines is 1. The van der Waals surface area contributed by atoms with Crippen LogP contribution in [-0.4, -0.2) is 26.1 Å². The van der Waals surface area contributed by atoms with Crippen molar-refractivity contribution in [2.75, 3.05) is 5.32 Å². The fraction of sp³-hybridized carbons (Fsp3) is 0. The number of amides is 1. The van der Waals surface area contributed by atoms with Gasteiger partial charge in [-0.1, -0.05) is 6.07 Å². The topological polar surface area (TPSA) is 92.7 Å². The van der Waals surface area contributed by atoms with E-state index in [1.165, 1.54) is 12.1 Å². The molecule has 1 heterocycles.